The van der Waals surface area contributed by atoms with Crippen LogP contribution in [-0.2, 0) is 10.8 Å². The first-order valence-electron chi connectivity index (χ1n) is 18.4. The van der Waals surface area contributed by atoms with Gasteiger partial charge in [-0.1, -0.05) is 125 Å². The fraction of sp³-hybridized carbons (Fsp3) is 0.120. The van der Waals surface area contributed by atoms with Crippen LogP contribution < -0.4 is 9.80 Å². The van der Waals surface area contributed by atoms with Crippen LogP contribution >= 0.6 is 0 Å². The summed E-state index contributed by atoms with van der Waals surface area (Å²) in [6.45, 7) is 9.17. The number of benzene rings is 7. The molecule has 0 atom stereocenters. The van der Waals surface area contributed by atoms with Gasteiger partial charge in [0.05, 0.1) is 33.9 Å². The number of nitriles is 2. The van der Waals surface area contributed by atoms with Crippen molar-refractivity contribution in [1.82, 2.24) is 0 Å². The van der Waals surface area contributed by atoms with Gasteiger partial charge in [-0.15, -0.1) is 0 Å². The molecule has 0 amide bonds. The first-order chi connectivity index (χ1) is 26.2. The van der Waals surface area contributed by atoms with E-state index in [-0.39, 0.29) is 10.8 Å². The van der Waals surface area contributed by atoms with Crippen LogP contribution in [0.4, 0.5) is 34.1 Å². The lowest BCUT2D eigenvalue weighted by molar-refractivity contribution is 0.632. The lowest BCUT2D eigenvalue weighted by Gasteiger charge is -2.42. The average molecular weight is 695 g/mol. The maximum Gasteiger partial charge on any atom is 0.101 e. The van der Waals surface area contributed by atoms with Crippen molar-refractivity contribution in [2.75, 3.05) is 9.80 Å². The molecule has 2 aliphatic rings. The smallest absolute Gasteiger partial charge is 0.101 e. The zero-order valence-corrected chi connectivity index (χ0v) is 30.8. The largest absolute Gasteiger partial charge is 0.310 e. The Balaban J connectivity index is 1.13. The van der Waals surface area contributed by atoms with Crippen LogP contribution in [0.1, 0.15) is 61.1 Å². The Kier molecular flexibility index (Phi) is 7.56. The van der Waals surface area contributed by atoms with Crippen molar-refractivity contribution >= 4 is 34.1 Å². The van der Waals surface area contributed by atoms with Crippen LogP contribution in [-0.4, -0.2) is 0 Å². The van der Waals surface area contributed by atoms with E-state index >= 15 is 0 Å². The Morgan fingerprint density at radius 2 is 0.667 bits per heavy atom. The third kappa shape index (κ3) is 4.96. The van der Waals surface area contributed by atoms with Crippen molar-refractivity contribution in [3.05, 3.63) is 191 Å². The van der Waals surface area contributed by atoms with E-state index in [0.29, 0.717) is 11.1 Å². The highest BCUT2D eigenvalue weighted by Crippen LogP contribution is 2.53. The Bertz CT molecular complexity index is 2400. The second-order valence-corrected chi connectivity index (χ2v) is 15.3. The molecule has 7 aromatic carbocycles. The van der Waals surface area contributed by atoms with Gasteiger partial charge in [0.2, 0.25) is 0 Å². The van der Waals surface area contributed by atoms with Gasteiger partial charge >= 0.3 is 0 Å². The minimum Gasteiger partial charge on any atom is -0.310 e. The van der Waals surface area contributed by atoms with Crippen molar-refractivity contribution in [2.24, 2.45) is 0 Å². The fourth-order valence-electron chi connectivity index (χ4n) is 8.74. The zero-order chi connectivity index (χ0) is 37.2. The molecule has 4 nitrogen and oxygen atoms in total. The lowest BCUT2D eigenvalue weighted by atomic mass is 9.73. The Morgan fingerprint density at radius 3 is 0.944 bits per heavy atom. The van der Waals surface area contributed by atoms with Gasteiger partial charge in [-0.05, 0) is 105 Å². The summed E-state index contributed by atoms with van der Waals surface area (Å²) in [4.78, 5) is 4.69. The minimum atomic E-state index is -0.137. The van der Waals surface area contributed by atoms with E-state index < -0.39 is 0 Å². The van der Waals surface area contributed by atoms with Gasteiger partial charge in [0, 0.05) is 22.2 Å². The maximum atomic E-state index is 10.1. The molecule has 0 unspecified atom stereocenters. The molecular formula is C50H38N4. The normalized spacial score (nSPS) is 14.5. The van der Waals surface area contributed by atoms with Gasteiger partial charge in [0.25, 0.3) is 0 Å². The van der Waals surface area contributed by atoms with Gasteiger partial charge in [0.15, 0.2) is 0 Å². The third-order valence-electron chi connectivity index (χ3n) is 11.5. The van der Waals surface area contributed by atoms with E-state index in [0.717, 1.165) is 33.6 Å². The summed E-state index contributed by atoms with van der Waals surface area (Å²) in [6, 6.07) is 60.0. The number of para-hydroxylation sites is 4. The Hall–Kier alpha value is -6.88. The molecular weight excluding hydrogens is 657 g/mol. The van der Waals surface area contributed by atoms with Crippen LogP contribution in [0.25, 0.3) is 22.3 Å². The van der Waals surface area contributed by atoms with E-state index in [1.54, 1.807) is 0 Å². The topological polar surface area (TPSA) is 54.1 Å². The Morgan fingerprint density at radius 1 is 0.389 bits per heavy atom. The summed E-state index contributed by atoms with van der Waals surface area (Å²) >= 11 is 0. The predicted molar refractivity (Wildman–Crippen MR) is 220 cm³/mol. The third-order valence-corrected chi connectivity index (χ3v) is 11.5. The Labute approximate surface area is 317 Å². The molecule has 0 saturated heterocycles. The van der Waals surface area contributed by atoms with E-state index in [2.05, 4.69) is 195 Å². The summed E-state index contributed by atoms with van der Waals surface area (Å²) < 4.78 is 0. The first-order valence-corrected chi connectivity index (χ1v) is 18.4. The highest BCUT2D eigenvalue weighted by Gasteiger charge is 2.37. The summed E-state index contributed by atoms with van der Waals surface area (Å²) in [5.41, 5.74) is 16.1. The average Bonchev–Trinajstić information content (AvgIpc) is 3.21. The van der Waals surface area contributed by atoms with E-state index in [4.69, 9.17) is 0 Å². The molecule has 0 aromatic heterocycles. The molecule has 0 N–H and O–H groups in total. The van der Waals surface area contributed by atoms with Gasteiger partial charge in [-0.25, -0.2) is 0 Å². The van der Waals surface area contributed by atoms with Gasteiger partial charge in [-0.2, -0.15) is 10.5 Å². The number of rotatable bonds is 4. The molecule has 0 saturated carbocycles. The second kappa shape index (κ2) is 12.4. The highest BCUT2D eigenvalue weighted by atomic mass is 15.2. The molecule has 2 aliphatic heterocycles. The maximum absolute atomic E-state index is 10.1. The molecule has 7 aromatic rings. The molecule has 54 heavy (non-hydrogen) atoms. The van der Waals surface area contributed by atoms with E-state index in [1.807, 2.05) is 12.1 Å². The number of anilines is 6. The van der Waals surface area contributed by atoms with Crippen LogP contribution in [0.5, 0.6) is 0 Å². The van der Waals surface area contributed by atoms with Crippen LogP contribution in [0.15, 0.2) is 158 Å². The molecule has 2 heterocycles. The highest BCUT2D eigenvalue weighted by molar-refractivity contribution is 5.91. The molecule has 9 rings (SSSR count). The number of fused-ring (bicyclic) bond motifs is 4. The summed E-state index contributed by atoms with van der Waals surface area (Å²) in [6.07, 6.45) is 0. The molecule has 0 bridgehead atoms. The quantitative estimate of drug-likeness (QED) is 0.184. The molecule has 4 heteroatoms. The van der Waals surface area contributed by atoms with Crippen molar-refractivity contribution < 1.29 is 0 Å². The van der Waals surface area contributed by atoms with Crippen LogP contribution in [0.2, 0.25) is 0 Å². The van der Waals surface area contributed by atoms with E-state index in [9.17, 15) is 10.5 Å². The SMILES string of the molecule is CC1(C)c2ccccc2N(c2ccc(-c3cc(C#N)c(C#N)cc3-c3ccc(N4c5ccccc5C(C)(C)c5ccccc54)cc3)cc2)c2ccccc21. The zero-order valence-electron chi connectivity index (χ0n) is 30.8. The van der Waals surface area contributed by atoms with Crippen molar-refractivity contribution in [3.63, 3.8) is 0 Å². The van der Waals surface area contributed by atoms with Crippen LogP contribution in [0, 0.1) is 22.7 Å². The molecule has 0 aliphatic carbocycles. The second-order valence-electron chi connectivity index (χ2n) is 15.3. The molecule has 0 spiro atoms. The van der Waals surface area contributed by atoms with Crippen molar-refractivity contribution in [2.45, 2.75) is 38.5 Å². The molecule has 0 radical (unpaired) electrons. The van der Waals surface area contributed by atoms with Gasteiger partial charge < -0.3 is 9.80 Å². The number of nitrogens with zero attached hydrogens (tertiary/aromatic N) is 4. The first kappa shape index (κ1) is 33.0. The van der Waals surface area contributed by atoms with Crippen molar-refractivity contribution in [1.29, 1.82) is 10.5 Å². The molecule has 258 valence electrons. The molecule has 0 fully saturated rings. The lowest BCUT2D eigenvalue weighted by Crippen LogP contribution is -2.30. The summed E-state index contributed by atoms with van der Waals surface area (Å²) in [5, 5.41) is 20.2. The van der Waals surface area contributed by atoms with Gasteiger partial charge in [-0.3, -0.25) is 0 Å². The standard InChI is InChI=1S/C50H38N4/c1-49(2)41-13-5-9-17-45(41)53(46-18-10-6-14-42(46)49)37-25-21-33(22-26-37)39-29-35(31-51)36(32-52)30-40(39)34-23-27-38(28-24-34)54-47-19-11-7-15-43(47)50(3,4)44-16-8-12-20-48(44)54/h5-30H,1-4H3. The summed E-state index contributed by atoms with van der Waals surface area (Å²) in [7, 11) is 0. The van der Waals surface area contributed by atoms with Crippen molar-refractivity contribution in [3.8, 4) is 34.4 Å². The number of hydrogen-bond donors (Lipinski definition) is 0. The fourth-order valence-corrected chi connectivity index (χ4v) is 8.74. The minimum absolute atomic E-state index is 0.137. The predicted octanol–water partition coefficient (Wildman–Crippen LogP) is 13.0. The number of hydrogen-bond acceptors (Lipinski definition) is 4. The van der Waals surface area contributed by atoms with Gasteiger partial charge in [0.1, 0.15) is 12.1 Å². The van der Waals surface area contributed by atoms with E-state index in [1.165, 1.54) is 45.0 Å². The summed E-state index contributed by atoms with van der Waals surface area (Å²) in [5.74, 6) is 0. The monoisotopic (exact) mass is 694 g/mol. The van der Waals surface area contributed by atoms with Crippen LogP contribution in [0.3, 0.4) is 0 Å².